The lowest BCUT2D eigenvalue weighted by Gasteiger charge is -2.28. The Morgan fingerprint density at radius 1 is 1.17 bits per heavy atom. The van der Waals surface area contributed by atoms with Gasteiger partial charge in [0.05, 0.1) is 31.8 Å². The van der Waals surface area contributed by atoms with Crippen LogP contribution in [-0.4, -0.2) is 70.8 Å². The summed E-state index contributed by atoms with van der Waals surface area (Å²) in [6.45, 7) is 3.10. The van der Waals surface area contributed by atoms with Gasteiger partial charge in [-0.05, 0) is 48.7 Å². The number of benzene rings is 2. The van der Waals surface area contributed by atoms with Crippen LogP contribution in [0.4, 0.5) is 10.3 Å². The first kappa shape index (κ1) is 23.6. The predicted molar refractivity (Wildman–Crippen MR) is 132 cm³/mol. The fourth-order valence-corrected chi connectivity index (χ4v) is 4.94. The Morgan fingerprint density at radius 3 is 2.63 bits per heavy atom. The highest BCUT2D eigenvalue weighted by molar-refractivity contribution is 7.99. The molecule has 1 aromatic heterocycles. The summed E-state index contributed by atoms with van der Waals surface area (Å²) in [5.74, 6) is 1.36. The van der Waals surface area contributed by atoms with Crippen molar-refractivity contribution in [1.82, 2.24) is 19.7 Å². The molecule has 1 aliphatic carbocycles. The molecule has 0 unspecified atom stereocenters. The second-order valence-electron chi connectivity index (χ2n) is 8.59. The topological polar surface area (TPSA) is 72.7 Å². The molecule has 8 nitrogen and oxygen atoms in total. The number of hydrogen-bond acceptors (Lipinski definition) is 7. The van der Waals surface area contributed by atoms with E-state index in [0.717, 1.165) is 24.2 Å². The molecule has 1 amide bonds. The predicted octanol–water partition coefficient (Wildman–Crippen LogP) is 3.53. The molecule has 1 aliphatic heterocycles. The number of anilines is 1. The summed E-state index contributed by atoms with van der Waals surface area (Å²) in [6, 6.07) is 14.4. The summed E-state index contributed by atoms with van der Waals surface area (Å²) in [5.41, 5.74) is 1.69. The van der Waals surface area contributed by atoms with Crippen LogP contribution in [0, 0.1) is 5.82 Å². The highest BCUT2D eigenvalue weighted by Gasteiger charge is 2.33. The molecule has 0 atom stereocenters. The summed E-state index contributed by atoms with van der Waals surface area (Å²) in [7, 11) is 1.64. The van der Waals surface area contributed by atoms with Crippen molar-refractivity contribution < 1.29 is 18.7 Å². The average Bonchev–Trinajstić information content (AvgIpc) is 3.65. The van der Waals surface area contributed by atoms with Crippen molar-refractivity contribution in [3.05, 3.63) is 59.9 Å². The number of thioether (sulfide) groups is 1. The lowest BCUT2D eigenvalue weighted by Crippen LogP contribution is -2.38. The fourth-order valence-electron chi connectivity index (χ4n) is 4.11. The van der Waals surface area contributed by atoms with Crippen LogP contribution < -0.4 is 9.64 Å². The van der Waals surface area contributed by atoms with Gasteiger partial charge >= 0.3 is 0 Å². The Labute approximate surface area is 208 Å². The van der Waals surface area contributed by atoms with Crippen LogP contribution >= 0.6 is 11.8 Å². The highest BCUT2D eigenvalue weighted by Crippen LogP contribution is 2.31. The van der Waals surface area contributed by atoms with Crippen LogP contribution in [0.5, 0.6) is 5.75 Å². The van der Waals surface area contributed by atoms with Crippen molar-refractivity contribution in [1.29, 1.82) is 0 Å². The Kier molecular flexibility index (Phi) is 7.19. The molecule has 2 heterocycles. The molecule has 10 heteroatoms. The molecule has 2 aromatic carbocycles. The number of halogens is 1. The fraction of sp³-hybridized carbons (Fsp3) is 0.400. The molecule has 2 fully saturated rings. The number of carbonyl (C=O) groups is 1. The molecule has 3 aromatic rings. The maximum atomic E-state index is 14.1. The Bertz CT molecular complexity index is 1160. The standard InChI is InChI=1S/C25H28FN5O3S/c1-33-22-9-5-18(6-10-22)16-30(20-7-8-20)23(32)17-35-25-28-27-24(29-11-13-34-14-12-29)31(25)21-4-2-3-19(26)15-21/h2-6,9-10,15,20H,7-8,11-14,16-17H2,1H3. The van der Waals surface area contributed by atoms with E-state index in [2.05, 4.69) is 15.1 Å². The first-order chi connectivity index (χ1) is 17.1. The highest BCUT2D eigenvalue weighted by atomic mass is 32.2. The van der Waals surface area contributed by atoms with Gasteiger partial charge in [0.25, 0.3) is 0 Å². The molecule has 35 heavy (non-hydrogen) atoms. The zero-order chi connectivity index (χ0) is 24.2. The normalized spacial score (nSPS) is 15.8. The van der Waals surface area contributed by atoms with Crippen LogP contribution in [0.1, 0.15) is 18.4 Å². The maximum Gasteiger partial charge on any atom is 0.233 e. The van der Waals surface area contributed by atoms with E-state index in [9.17, 15) is 9.18 Å². The third kappa shape index (κ3) is 5.59. The van der Waals surface area contributed by atoms with Crippen molar-refractivity contribution in [2.75, 3.05) is 44.1 Å². The van der Waals surface area contributed by atoms with Crippen LogP contribution in [0.15, 0.2) is 53.7 Å². The number of ether oxygens (including phenoxy) is 2. The Balaban J connectivity index is 1.34. The number of amides is 1. The van der Waals surface area contributed by atoms with E-state index in [1.807, 2.05) is 39.8 Å². The molecule has 184 valence electrons. The number of rotatable bonds is 9. The molecule has 1 saturated heterocycles. The Morgan fingerprint density at radius 2 is 1.94 bits per heavy atom. The Hall–Kier alpha value is -3.11. The van der Waals surface area contributed by atoms with E-state index in [0.29, 0.717) is 49.6 Å². The molecule has 2 aliphatic rings. The molecule has 0 N–H and O–H groups in total. The van der Waals surface area contributed by atoms with Gasteiger partial charge in [0.15, 0.2) is 5.16 Å². The average molecular weight is 498 g/mol. The molecule has 0 bridgehead atoms. The van der Waals surface area contributed by atoms with Crippen molar-refractivity contribution in [2.45, 2.75) is 30.6 Å². The van der Waals surface area contributed by atoms with E-state index in [1.165, 1.54) is 23.9 Å². The molecule has 0 radical (unpaired) electrons. The van der Waals surface area contributed by atoms with Crippen LogP contribution in [0.3, 0.4) is 0 Å². The molecule has 5 rings (SSSR count). The SMILES string of the molecule is COc1ccc(CN(C(=O)CSc2nnc(N3CCOCC3)n2-c2cccc(F)c2)C2CC2)cc1. The summed E-state index contributed by atoms with van der Waals surface area (Å²) < 4.78 is 26.6. The van der Waals surface area contributed by atoms with Gasteiger partial charge in [-0.1, -0.05) is 30.0 Å². The quantitative estimate of drug-likeness (QED) is 0.419. The van der Waals surface area contributed by atoms with Gasteiger partial charge in [0.2, 0.25) is 11.9 Å². The van der Waals surface area contributed by atoms with Gasteiger partial charge in [-0.25, -0.2) is 4.39 Å². The molecule has 1 saturated carbocycles. The van der Waals surface area contributed by atoms with E-state index < -0.39 is 0 Å². The van der Waals surface area contributed by atoms with Crippen molar-refractivity contribution in [3.63, 3.8) is 0 Å². The van der Waals surface area contributed by atoms with E-state index in [-0.39, 0.29) is 23.5 Å². The molecular weight excluding hydrogens is 469 g/mol. The number of aromatic nitrogens is 3. The smallest absolute Gasteiger partial charge is 0.233 e. The first-order valence-electron chi connectivity index (χ1n) is 11.7. The van der Waals surface area contributed by atoms with Crippen LogP contribution in [-0.2, 0) is 16.1 Å². The van der Waals surface area contributed by atoms with E-state index in [4.69, 9.17) is 9.47 Å². The number of hydrogen-bond donors (Lipinski definition) is 0. The minimum atomic E-state index is -0.337. The number of carbonyl (C=O) groups excluding carboxylic acids is 1. The second-order valence-corrected chi connectivity index (χ2v) is 9.53. The zero-order valence-corrected chi connectivity index (χ0v) is 20.4. The van der Waals surface area contributed by atoms with Gasteiger partial charge in [0.1, 0.15) is 11.6 Å². The van der Waals surface area contributed by atoms with E-state index in [1.54, 1.807) is 13.2 Å². The van der Waals surface area contributed by atoms with Crippen molar-refractivity contribution in [2.24, 2.45) is 0 Å². The summed E-state index contributed by atoms with van der Waals surface area (Å²) in [4.78, 5) is 17.3. The van der Waals surface area contributed by atoms with Crippen LogP contribution in [0.2, 0.25) is 0 Å². The van der Waals surface area contributed by atoms with Gasteiger partial charge < -0.3 is 19.3 Å². The second kappa shape index (κ2) is 10.7. The lowest BCUT2D eigenvalue weighted by atomic mass is 10.2. The van der Waals surface area contributed by atoms with Gasteiger partial charge in [-0.15, -0.1) is 10.2 Å². The summed E-state index contributed by atoms with van der Waals surface area (Å²) >= 11 is 1.33. The number of methoxy groups -OCH3 is 1. The third-order valence-corrected chi connectivity index (χ3v) is 7.04. The summed E-state index contributed by atoms with van der Waals surface area (Å²) in [5, 5.41) is 9.34. The first-order valence-corrected chi connectivity index (χ1v) is 12.7. The maximum absolute atomic E-state index is 14.1. The minimum Gasteiger partial charge on any atom is -0.497 e. The van der Waals surface area contributed by atoms with Gasteiger partial charge in [-0.3, -0.25) is 9.36 Å². The monoisotopic (exact) mass is 497 g/mol. The van der Waals surface area contributed by atoms with E-state index >= 15 is 0 Å². The number of nitrogens with zero attached hydrogens (tertiary/aromatic N) is 5. The zero-order valence-electron chi connectivity index (χ0n) is 19.6. The summed E-state index contributed by atoms with van der Waals surface area (Å²) in [6.07, 6.45) is 2.04. The lowest BCUT2D eigenvalue weighted by molar-refractivity contribution is -0.129. The van der Waals surface area contributed by atoms with Crippen molar-refractivity contribution >= 4 is 23.6 Å². The van der Waals surface area contributed by atoms with Gasteiger partial charge in [-0.2, -0.15) is 0 Å². The minimum absolute atomic E-state index is 0.0510. The van der Waals surface area contributed by atoms with Gasteiger partial charge in [0, 0.05) is 25.7 Å². The molecule has 0 spiro atoms. The number of morpholine rings is 1. The molecular formula is C25H28FN5O3S. The van der Waals surface area contributed by atoms with Crippen molar-refractivity contribution in [3.8, 4) is 11.4 Å². The van der Waals surface area contributed by atoms with Crippen LogP contribution in [0.25, 0.3) is 5.69 Å². The largest absolute Gasteiger partial charge is 0.497 e. The third-order valence-electron chi connectivity index (χ3n) is 6.12.